The Kier molecular flexibility index (Phi) is 9.49. The minimum atomic E-state index is -0.476. The molecule has 3 rings (SSSR count). The molecule has 0 spiro atoms. The third-order valence-corrected chi connectivity index (χ3v) is 5.39. The molecule has 2 amide bonds. The maximum Gasteiger partial charge on any atom is 0.373 e. The molecule has 0 aliphatic rings. The van der Waals surface area contributed by atoms with Crippen LogP contribution in [0.1, 0.15) is 25.0 Å². The van der Waals surface area contributed by atoms with Crippen molar-refractivity contribution in [2.24, 2.45) is 0 Å². The van der Waals surface area contributed by atoms with E-state index in [1.807, 2.05) is 73.7 Å². The van der Waals surface area contributed by atoms with Crippen LogP contribution in [-0.2, 0) is 20.7 Å². The average Bonchev–Trinajstić information content (AvgIpc) is 2.89. The second-order valence-corrected chi connectivity index (χ2v) is 7.86. The Hall–Kier alpha value is -4.06. The third kappa shape index (κ3) is 7.47. The molecule has 0 heterocycles. The molecule has 6 nitrogen and oxygen atoms in total. The molecule has 0 aliphatic carbocycles. The Balaban J connectivity index is 1.67. The molecule has 0 aromatic heterocycles. The van der Waals surface area contributed by atoms with Gasteiger partial charge in [-0.2, -0.15) is 0 Å². The van der Waals surface area contributed by atoms with Gasteiger partial charge in [-0.15, -0.1) is 0 Å². The summed E-state index contributed by atoms with van der Waals surface area (Å²) in [7, 11) is 1.76. The number of rotatable bonds is 10. The van der Waals surface area contributed by atoms with Crippen LogP contribution in [0.25, 0.3) is 17.2 Å². The van der Waals surface area contributed by atoms with Gasteiger partial charge in [-0.05, 0) is 60.7 Å². The number of anilines is 1. The molecule has 0 saturated heterocycles. The number of nitrogens with one attached hydrogen (secondary N) is 1. The van der Waals surface area contributed by atoms with Crippen LogP contribution >= 0.6 is 0 Å². The molecule has 0 saturated carbocycles. The fourth-order valence-corrected chi connectivity index (χ4v) is 3.53. The molecule has 1 N–H and O–H groups in total. The third-order valence-electron chi connectivity index (χ3n) is 5.39. The van der Waals surface area contributed by atoms with Crippen molar-refractivity contribution < 1.29 is 19.1 Å². The number of hydrogen-bond donors (Lipinski definition) is 1. The molecule has 3 aromatic rings. The quantitative estimate of drug-likeness (QED) is 0.234. The van der Waals surface area contributed by atoms with Crippen LogP contribution in [0.3, 0.4) is 0 Å². The number of ether oxygens (including phenoxy) is 2. The summed E-state index contributed by atoms with van der Waals surface area (Å²) in [5.41, 5.74) is 4.79. The minimum absolute atomic E-state index is 0.152. The summed E-state index contributed by atoms with van der Waals surface area (Å²) in [6.07, 6.45) is 2.46. The molecule has 0 bridgehead atoms. The van der Waals surface area contributed by atoms with Gasteiger partial charge in [0.05, 0.1) is 13.2 Å². The van der Waals surface area contributed by atoms with Gasteiger partial charge in [0.15, 0.2) is 0 Å². The smallest absolute Gasteiger partial charge is 0.373 e. The van der Waals surface area contributed by atoms with Gasteiger partial charge < -0.3 is 14.8 Å². The number of carbonyl (C=O) groups is 2. The number of nitrogens with zero attached hydrogens (tertiary/aromatic N) is 1. The number of carbonyl (C=O) groups excluding carboxylic acids is 2. The lowest BCUT2D eigenvalue weighted by Crippen LogP contribution is -2.38. The molecule has 35 heavy (non-hydrogen) atoms. The molecule has 3 aromatic carbocycles. The predicted molar refractivity (Wildman–Crippen MR) is 140 cm³/mol. The van der Waals surface area contributed by atoms with E-state index < -0.39 is 5.97 Å². The van der Waals surface area contributed by atoms with Gasteiger partial charge in [0.1, 0.15) is 0 Å². The highest BCUT2D eigenvalue weighted by Gasteiger charge is 2.13. The number of amides is 2. The Morgan fingerprint density at radius 2 is 1.57 bits per heavy atom. The first-order valence-electron chi connectivity index (χ1n) is 11.8. The molecule has 0 radical (unpaired) electrons. The zero-order chi connectivity index (χ0) is 25.0. The van der Waals surface area contributed by atoms with E-state index in [-0.39, 0.29) is 18.4 Å². The van der Waals surface area contributed by atoms with E-state index in [9.17, 15) is 9.59 Å². The van der Waals surface area contributed by atoms with E-state index in [4.69, 9.17) is 9.47 Å². The maximum atomic E-state index is 12.6. The van der Waals surface area contributed by atoms with Crippen LogP contribution in [0.5, 0.6) is 0 Å². The second-order valence-electron chi connectivity index (χ2n) is 7.86. The van der Waals surface area contributed by atoms with Crippen LogP contribution in [-0.4, -0.2) is 38.8 Å². The van der Waals surface area contributed by atoms with Gasteiger partial charge in [0, 0.05) is 19.3 Å². The maximum absolute atomic E-state index is 12.6. The highest BCUT2D eigenvalue weighted by atomic mass is 16.6. The van der Waals surface area contributed by atoms with Crippen molar-refractivity contribution in [3.63, 3.8) is 0 Å². The fraction of sp³-hybridized carbons (Fsp3) is 0.241. The molecule has 0 fully saturated rings. The van der Waals surface area contributed by atoms with Gasteiger partial charge in [0.2, 0.25) is 5.76 Å². The molecule has 0 atom stereocenters. The van der Waals surface area contributed by atoms with E-state index in [0.29, 0.717) is 13.2 Å². The number of esters is 1. The number of hydrogen-bond acceptors (Lipinski definition) is 4. The molecular formula is C29H32N2O4. The largest absolute Gasteiger partial charge is 0.487 e. The zero-order valence-corrected chi connectivity index (χ0v) is 20.5. The van der Waals surface area contributed by atoms with Crippen molar-refractivity contribution in [3.05, 3.63) is 95.7 Å². The number of urea groups is 1. The van der Waals surface area contributed by atoms with E-state index in [1.165, 1.54) is 5.56 Å². The lowest BCUT2D eigenvalue weighted by molar-refractivity contribution is -0.142. The van der Waals surface area contributed by atoms with Crippen LogP contribution in [0.4, 0.5) is 10.5 Å². The van der Waals surface area contributed by atoms with E-state index >= 15 is 0 Å². The van der Waals surface area contributed by atoms with Crippen molar-refractivity contribution in [2.75, 3.05) is 31.7 Å². The van der Waals surface area contributed by atoms with Crippen LogP contribution in [0.2, 0.25) is 0 Å². The molecule has 0 aliphatic heterocycles. The van der Waals surface area contributed by atoms with Crippen molar-refractivity contribution in [1.82, 2.24) is 5.32 Å². The Bertz CT molecular complexity index is 1140. The van der Waals surface area contributed by atoms with Gasteiger partial charge in [0.25, 0.3) is 0 Å². The average molecular weight is 473 g/mol. The van der Waals surface area contributed by atoms with Crippen LogP contribution in [0.15, 0.2) is 84.6 Å². The first-order valence-corrected chi connectivity index (χ1v) is 11.8. The Morgan fingerprint density at radius 1 is 0.857 bits per heavy atom. The van der Waals surface area contributed by atoms with Gasteiger partial charge in [-0.25, -0.2) is 9.59 Å². The van der Waals surface area contributed by atoms with Crippen molar-refractivity contribution >= 4 is 23.8 Å². The zero-order valence-electron chi connectivity index (χ0n) is 20.5. The minimum Gasteiger partial charge on any atom is -0.487 e. The Labute approximate surface area is 207 Å². The van der Waals surface area contributed by atoms with Crippen molar-refractivity contribution in [3.8, 4) is 11.1 Å². The van der Waals surface area contributed by atoms with Crippen molar-refractivity contribution in [2.45, 2.75) is 20.3 Å². The monoisotopic (exact) mass is 472 g/mol. The summed E-state index contributed by atoms with van der Waals surface area (Å²) in [5.74, 6) is -0.291. The van der Waals surface area contributed by atoms with Gasteiger partial charge in [-0.3, -0.25) is 4.90 Å². The predicted octanol–water partition coefficient (Wildman–Crippen LogP) is 5.68. The lowest BCUT2D eigenvalue weighted by atomic mass is 10.0. The summed E-state index contributed by atoms with van der Waals surface area (Å²) in [4.78, 5) is 26.3. The first kappa shape index (κ1) is 25.6. The summed E-state index contributed by atoms with van der Waals surface area (Å²) in [6, 6.07) is 25.5. The number of benzene rings is 3. The Morgan fingerprint density at radius 3 is 2.26 bits per heavy atom. The van der Waals surface area contributed by atoms with Gasteiger partial charge in [-0.1, -0.05) is 66.7 Å². The van der Waals surface area contributed by atoms with Crippen LogP contribution < -0.4 is 10.2 Å². The van der Waals surface area contributed by atoms with E-state index in [1.54, 1.807) is 24.9 Å². The summed E-state index contributed by atoms with van der Waals surface area (Å²) < 4.78 is 10.5. The highest BCUT2D eigenvalue weighted by Crippen LogP contribution is 2.25. The second kappa shape index (κ2) is 13.0. The van der Waals surface area contributed by atoms with Crippen molar-refractivity contribution in [1.29, 1.82) is 0 Å². The van der Waals surface area contributed by atoms with E-state index in [0.717, 1.165) is 28.8 Å². The lowest BCUT2D eigenvalue weighted by Gasteiger charge is -2.19. The molecular weight excluding hydrogens is 440 g/mol. The highest BCUT2D eigenvalue weighted by molar-refractivity contribution is 5.92. The molecule has 182 valence electrons. The normalized spacial score (nSPS) is 11.0. The summed E-state index contributed by atoms with van der Waals surface area (Å²) >= 11 is 0. The summed E-state index contributed by atoms with van der Waals surface area (Å²) in [6.45, 7) is 4.82. The first-order chi connectivity index (χ1) is 17.0. The summed E-state index contributed by atoms with van der Waals surface area (Å²) in [5, 5.41) is 2.97. The molecule has 0 unspecified atom stereocenters. The SMILES string of the molecule is CCOC(=O)C(=Cc1ccc(-c2cccc(N(C)C(=O)NCCc3ccccc3)c2)cc1)OCC. The van der Waals surface area contributed by atoms with E-state index in [2.05, 4.69) is 17.4 Å². The molecule has 6 heteroatoms. The standard InChI is InChI=1S/C29H32N2O4/c1-4-34-27(28(32)35-5-2)20-23-14-16-24(17-15-23)25-12-9-13-26(21-25)31(3)29(33)30-19-18-22-10-7-6-8-11-22/h6-17,20-21H,4-5,18-19H2,1-3H3,(H,30,33). The van der Waals surface area contributed by atoms with Gasteiger partial charge >= 0.3 is 12.0 Å². The fourth-order valence-electron chi connectivity index (χ4n) is 3.53. The topological polar surface area (TPSA) is 67.9 Å². The van der Waals surface area contributed by atoms with Crippen LogP contribution in [0, 0.1) is 0 Å².